The maximum absolute atomic E-state index is 13.1. The minimum atomic E-state index is -0.718. The van der Waals surface area contributed by atoms with Gasteiger partial charge in [-0.2, -0.15) is 0 Å². The Hall–Kier alpha value is -2.84. The maximum Gasteiger partial charge on any atom is 0.331 e. The molecule has 172 valence electrons. The lowest BCUT2D eigenvalue weighted by atomic mass is 10.0. The number of ether oxygens (including phenoxy) is 2. The zero-order valence-electron chi connectivity index (χ0n) is 17.9. The first kappa shape index (κ1) is 23.3. The Bertz CT molecular complexity index is 1140. The number of rotatable bonds is 6. The predicted octanol–water partition coefficient (Wildman–Crippen LogP) is 5.09. The number of halogens is 2. The molecule has 0 bridgehead atoms. The molecule has 1 heterocycles. The molecule has 4 rings (SSSR count). The maximum atomic E-state index is 13.1. The van der Waals surface area contributed by atoms with Gasteiger partial charge in [-0.1, -0.05) is 58.6 Å². The van der Waals surface area contributed by atoms with Gasteiger partial charge in [0.25, 0.3) is 11.8 Å². The van der Waals surface area contributed by atoms with E-state index in [1.807, 2.05) is 18.2 Å². The van der Waals surface area contributed by atoms with Crippen LogP contribution in [0.1, 0.15) is 36.8 Å². The Morgan fingerprint density at radius 3 is 2.58 bits per heavy atom. The summed E-state index contributed by atoms with van der Waals surface area (Å²) < 4.78 is 12.0. The summed E-state index contributed by atoms with van der Waals surface area (Å²) in [6.07, 6.45) is 4.85. The van der Waals surface area contributed by atoms with Crippen molar-refractivity contribution in [3.63, 3.8) is 0 Å². The van der Waals surface area contributed by atoms with E-state index >= 15 is 0 Å². The summed E-state index contributed by atoms with van der Waals surface area (Å²) in [6, 6.07) is 9.89. The average molecular weight is 534 g/mol. The lowest BCUT2D eigenvalue weighted by Crippen LogP contribution is -2.57. The first-order chi connectivity index (χ1) is 15.9. The van der Waals surface area contributed by atoms with E-state index in [4.69, 9.17) is 21.1 Å². The number of carbonyl (C=O) groups excluding carboxylic acids is 3. The van der Waals surface area contributed by atoms with Crippen molar-refractivity contribution in [3.05, 3.63) is 62.6 Å². The van der Waals surface area contributed by atoms with Gasteiger partial charge in [-0.25, -0.2) is 4.79 Å². The van der Waals surface area contributed by atoms with E-state index in [0.29, 0.717) is 26.6 Å². The third-order valence-corrected chi connectivity index (χ3v) is 6.80. The van der Waals surface area contributed by atoms with E-state index in [1.54, 1.807) is 18.2 Å². The zero-order valence-corrected chi connectivity index (χ0v) is 20.2. The molecule has 1 saturated carbocycles. The van der Waals surface area contributed by atoms with Gasteiger partial charge < -0.3 is 9.47 Å². The van der Waals surface area contributed by atoms with Crippen molar-refractivity contribution < 1.29 is 23.9 Å². The van der Waals surface area contributed by atoms with E-state index in [9.17, 15) is 14.4 Å². The summed E-state index contributed by atoms with van der Waals surface area (Å²) in [5.74, 6) is -0.414. The average Bonchev–Trinajstić information content (AvgIpc) is 3.31. The normalized spacial score (nSPS) is 18.1. The molecule has 2 aromatic carbocycles. The summed E-state index contributed by atoms with van der Waals surface area (Å²) in [5.41, 5.74) is 1.26. The number of hydrogen-bond donors (Lipinski definition) is 1. The number of benzene rings is 2. The molecule has 2 aromatic rings. The molecule has 2 aliphatic rings. The van der Waals surface area contributed by atoms with Crippen molar-refractivity contribution in [1.82, 2.24) is 10.2 Å². The summed E-state index contributed by atoms with van der Waals surface area (Å²) in [5, 5.41) is 2.88. The minimum absolute atomic E-state index is 0.103. The quantitative estimate of drug-likeness (QED) is 0.413. The molecule has 1 N–H and O–H groups in total. The van der Waals surface area contributed by atoms with E-state index in [-0.39, 0.29) is 18.2 Å². The summed E-state index contributed by atoms with van der Waals surface area (Å²) >= 11 is 9.68. The van der Waals surface area contributed by atoms with Crippen molar-refractivity contribution in [1.29, 1.82) is 0 Å². The van der Waals surface area contributed by atoms with Crippen molar-refractivity contribution in [2.45, 2.75) is 38.3 Å². The fraction of sp³-hybridized carbons (Fsp3) is 0.292. The second-order valence-corrected chi connectivity index (χ2v) is 9.10. The zero-order chi connectivity index (χ0) is 23.5. The summed E-state index contributed by atoms with van der Waals surface area (Å²) in [7, 11) is 1.50. The summed E-state index contributed by atoms with van der Waals surface area (Å²) in [6.45, 7) is 0.238. The van der Waals surface area contributed by atoms with Crippen LogP contribution in [-0.2, 0) is 16.2 Å². The number of imide groups is 2. The molecule has 0 radical (unpaired) electrons. The highest BCUT2D eigenvalue weighted by molar-refractivity contribution is 9.10. The number of methoxy groups -OCH3 is 1. The highest BCUT2D eigenvalue weighted by Gasteiger charge is 2.40. The van der Waals surface area contributed by atoms with Crippen molar-refractivity contribution >= 4 is 51.5 Å². The largest absolute Gasteiger partial charge is 0.493 e. The van der Waals surface area contributed by atoms with Crippen LogP contribution in [0.3, 0.4) is 0 Å². The van der Waals surface area contributed by atoms with Crippen LogP contribution in [0, 0.1) is 0 Å². The third kappa shape index (κ3) is 4.91. The number of nitrogens with one attached hydrogen (secondary N) is 1. The van der Waals surface area contributed by atoms with E-state index in [1.165, 1.54) is 18.1 Å². The smallest absolute Gasteiger partial charge is 0.331 e. The fourth-order valence-corrected chi connectivity index (χ4v) is 4.65. The van der Waals surface area contributed by atoms with Gasteiger partial charge in [0.1, 0.15) is 12.2 Å². The fourth-order valence-electron chi connectivity index (χ4n) is 4.03. The molecule has 0 aromatic heterocycles. The van der Waals surface area contributed by atoms with Crippen LogP contribution < -0.4 is 14.8 Å². The lowest BCUT2D eigenvalue weighted by molar-refractivity contribution is -0.131. The van der Waals surface area contributed by atoms with Crippen LogP contribution in [-0.4, -0.2) is 35.9 Å². The molecule has 1 saturated heterocycles. The number of amides is 4. The molecular weight excluding hydrogens is 512 g/mol. The molecule has 1 aliphatic heterocycles. The second-order valence-electron chi connectivity index (χ2n) is 7.84. The Kier molecular flexibility index (Phi) is 7.05. The van der Waals surface area contributed by atoms with Gasteiger partial charge in [0.15, 0.2) is 11.5 Å². The molecule has 1 aliphatic carbocycles. The monoisotopic (exact) mass is 532 g/mol. The van der Waals surface area contributed by atoms with Crippen LogP contribution in [0.15, 0.2) is 46.4 Å². The molecule has 7 nitrogen and oxygen atoms in total. The molecule has 33 heavy (non-hydrogen) atoms. The van der Waals surface area contributed by atoms with E-state index < -0.39 is 17.8 Å². The first-order valence-corrected chi connectivity index (χ1v) is 11.7. The molecule has 9 heteroatoms. The van der Waals surface area contributed by atoms with Crippen molar-refractivity contribution in [2.24, 2.45) is 0 Å². The van der Waals surface area contributed by atoms with Crippen LogP contribution in [0.25, 0.3) is 6.08 Å². The number of barbiturate groups is 1. The highest BCUT2D eigenvalue weighted by Crippen LogP contribution is 2.36. The first-order valence-electron chi connectivity index (χ1n) is 10.5. The van der Waals surface area contributed by atoms with E-state index in [0.717, 1.165) is 31.2 Å². The second kappa shape index (κ2) is 9.97. The number of carbonyl (C=O) groups is 3. The minimum Gasteiger partial charge on any atom is -0.493 e. The van der Waals surface area contributed by atoms with Crippen LogP contribution in [0.4, 0.5) is 4.79 Å². The van der Waals surface area contributed by atoms with Gasteiger partial charge in [-0.15, -0.1) is 0 Å². The van der Waals surface area contributed by atoms with Gasteiger partial charge in [0.2, 0.25) is 0 Å². The van der Waals surface area contributed by atoms with Gasteiger partial charge in [0.05, 0.1) is 7.11 Å². The topological polar surface area (TPSA) is 84.9 Å². The van der Waals surface area contributed by atoms with Crippen molar-refractivity contribution in [2.75, 3.05) is 7.11 Å². The standard InChI is InChI=1S/C24H22BrClN2O5/c1-32-20-11-15(18(25)12-21(20)33-13-14-6-2-5-9-19(14)26)10-17-22(29)27-24(31)28(23(17)30)16-7-3-4-8-16/h2,5-6,9-12,16H,3-4,7-8,13H2,1H3,(H,27,29,31)/b17-10+. The number of hydrogen-bond acceptors (Lipinski definition) is 5. The summed E-state index contributed by atoms with van der Waals surface area (Å²) in [4.78, 5) is 39.0. The molecule has 2 fully saturated rings. The predicted molar refractivity (Wildman–Crippen MR) is 127 cm³/mol. The van der Waals surface area contributed by atoms with Gasteiger partial charge in [-0.3, -0.25) is 19.8 Å². The van der Waals surface area contributed by atoms with Crippen LogP contribution >= 0.6 is 27.5 Å². The molecule has 4 amide bonds. The number of nitrogens with zero attached hydrogens (tertiary/aromatic N) is 1. The van der Waals surface area contributed by atoms with Gasteiger partial charge in [0, 0.05) is 21.1 Å². The Labute approximate surface area is 204 Å². The van der Waals surface area contributed by atoms with Crippen LogP contribution in [0.2, 0.25) is 5.02 Å². The lowest BCUT2D eigenvalue weighted by Gasteiger charge is -2.31. The SMILES string of the molecule is COc1cc(/C=C2\C(=O)NC(=O)N(C3CCCC3)C2=O)c(Br)cc1OCc1ccccc1Cl. The Morgan fingerprint density at radius 2 is 1.88 bits per heavy atom. The third-order valence-electron chi connectivity index (χ3n) is 5.75. The Morgan fingerprint density at radius 1 is 1.15 bits per heavy atom. The van der Waals surface area contributed by atoms with Crippen LogP contribution in [0.5, 0.6) is 11.5 Å². The van der Waals surface area contributed by atoms with E-state index in [2.05, 4.69) is 21.2 Å². The number of urea groups is 1. The van der Waals surface area contributed by atoms with Crippen molar-refractivity contribution in [3.8, 4) is 11.5 Å². The van der Waals surface area contributed by atoms with Gasteiger partial charge in [-0.05, 0) is 42.7 Å². The highest BCUT2D eigenvalue weighted by atomic mass is 79.9. The molecular formula is C24H22BrClN2O5. The molecule has 0 spiro atoms. The Balaban J connectivity index is 1.61. The molecule has 0 atom stereocenters. The van der Waals surface area contributed by atoms with Gasteiger partial charge >= 0.3 is 6.03 Å². The molecule has 0 unspecified atom stereocenters.